The summed E-state index contributed by atoms with van der Waals surface area (Å²) in [5.74, 6) is -0.429. The van der Waals surface area contributed by atoms with Crippen LogP contribution in [0.2, 0.25) is 0 Å². The van der Waals surface area contributed by atoms with Crippen LogP contribution in [0, 0.1) is 11.3 Å². The maximum atomic E-state index is 11.8. The smallest absolute Gasteiger partial charge is 0.314 e. The summed E-state index contributed by atoms with van der Waals surface area (Å²) in [6, 6.07) is 0. The van der Waals surface area contributed by atoms with Gasteiger partial charge in [-0.25, -0.2) is 0 Å². The second-order valence-electron chi connectivity index (χ2n) is 4.78. The Kier molecular flexibility index (Phi) is 2.51. The molecule has 0 N–H and O–H groups in total. The van der Waals surface area contributed by atoms with Gasteiger partial charge in [-0.05, 0) is 27.2 Å². The van der Waals surface area contributed by atoms with Crippen molar-refractivity contribution in [1.29, 1.82) is 0 Å². The van der Waals surface area contributed by atoms with Gasteiger partial charge in [0.1, 0.15) is 0 Å². The lowest BCUT2D eigenvalue weighted by molar-refractivity contribution is -0.210. The average molecular weight is 214 g/mol. The van der Waals surface area contributed by atoms with Gasteiger partial charge in [-0.3, -0.25) is 4.79 Å². The maximum Gasteiger partial charge on any atom is 0.314 e. The third-order valence-electron chi connectivity index (χ3n) is 3.22. The van der Waals surface area contributed by atoms with Gasteiger partial charge in [0.2, 0.25) is 0 Å². The molecule has 0 radical (unpaired) electrons. The minimum Gasteiger partial charge on any atom is -0.465 e. The van der Waals surface area contributed by atoms with Gasteiger partial charge in [-0.1, -0.05) is 0 Å². The largest absolute Gasteiger partial charge is 0.465 e. The molecule has 1 saturated heterocycles. The molecule has 1 aliphatic heterocycles. The van der Waals surface area contributed by atoms with Crippen LogP contribution < -0.4 is 0 Å². The topological polar surface area (TPSA) is 44.8 Å². The van der Waals surface area contributed by atoms with Crippen LogP contribution >= 0.6 is 0 Å². The van der Waals surface area contributed by atoms with Gasteiger partial charge in [0.25, 0.3) is 0 Å². The van der Waals surface area contributed by atoms with Gasteiger partial charge < -0.3 is 14.2 Å². The number of hydrogen-bond acceptors (Lipinski definition) is 4. The Hall–Kier alpha value is -0.610. The predicted molar refractivity (Wildman–Crippen MR) is 53.2 cm³/mol. The van der Waals surface area contributed by atoms with Crippen LogP contribution in [0.25, 0.3) is 0 Å². The van der Waals surface area contributed by atoms with E-state index in [4.69, 9.17) is 14.2 Å². The second kappa shape index (κ2) is 3.46. The molecular formula is C11H18O4. The first-order valence-electron chi connectivity index (χ1n) is 5.45. The minimum atomic E-state index is -0.576. The monoisotopic (exact) mass is 214 g/mol. The van der Waals surface area contributed by atoms with Crippen molar-refractivity contribution in [1.82, 2.24) is 0 Å². The summed E-state index contributed by atoms with van der Waals surface area (Å²) < 4.78 is 16.2. The summed E-state index contributed by atoms with van der Waals surface area (Å²) >= 11 is 0. The summed E-state index contributed by atoms with van der Waals surface area (Å²) in [5.41, 5.74) is -0.413. The lowest BCUT2D eigenvalue weighted by Crippen LogP contribution is -2.31. The van der Waals surface area contributed by atoms with Gasteiger partial charge in [0.15, 0.2) is 5.79 Å². The molecule has 86 valence electrons. The fourth-order valence-corrected chi connectivity index (χ4v) is 2.01. The van der Waals surface area contributed by atoms with Gasteiger partial charge in [-0.15, -0.1) is 0 Å². The Balaban J connectivity index is 2.04. The van der Waals surface area contributed by atoms with E-state index >= 15 is 0 Å². The summed E-state index contributed by atoms with van der Waals surface area (Å²) in [6.07, 6.45) is 0.835. The molecule has 4 heteroatoms. The summed E-state index contributed by atoms with van der Waals surface area (Å²) in [7, 11) is 0. The molecule has 1 aliphatic carbocycles. The highest BCUT2D eigenvalue weighted by Crippen LogP contribution is 2.56. The Morgan fingerprint density at radius 1 is 1.47 bits per heavy atom. The van der Waals surface area contributed by atoms with Crippen molar-refractivity contribution in [2.24, 2.45) is 11.3 Å². The molecule has 2 aliphatic rings. The number of fused-ring (bicyclic) bond motifs is 1. The Bertz CT molecular complexity index is 274. The van der Waals surface area contributed by atoms with E-state index in [0.29, 0.717) is 19.8 Å². The van der Waals surface area contributed by atoms with Gasteiger partial charge in [-0.2, -0.15) is 0 Å². The van der Waals surface area contributed by atoms with E-state index in [0.717, 1.165) is 6.42 Å². The lowest BCUT2D eigenvalue weighted by atomic mass is 10.1. The first-order valence-corrected chi connectivity index (χ1v) is 5.45. The number of hydrogen-bond donors (Lipinski definition) is 0. The van der Waals surface area contributed by atoms with Crippen LogP contribution in [0.4, 0.5) is 0 Å². The number of ether oxygens (including phenoxy) is 3. The highest BCUT2D eigenvalue weighted by molar-refractivity contribution is 5.81. The molecule has 2 fully saturated rings. The summed E-state index contributed by atoms with van der Waals surface area (Å²) in [4.78, 5) is 11.8. The zero-order valence-electron chi connectivity index (χ0n) is 9.54. The third kappa shape index (κ3) is 1.88. The van der Waals surface area contributed by atoms with Crippen LogP contribution in [-0.4, -0.2) is 31.6 Å². The number of rotatable bonds is 2. The zero-order valence-corrected chi connectivity index (χ0v) is 9.54. The van der Waals surface area contributed by atoms with Crippen molar-refractivity contribution in [3.63, 3.8) is 0 Å². The third-order valence-corrected chi connectivity index (χ3v) is 3.22. The van der Waals surface area contributed by atoms with Crippen molar-refractivity contribution in [2.45, 2.75) is 33.0 Å². The number of esters is 1. The highest BCUT2D eigenvalue weighted by Gasteiger charge is 2.63. The Morgan fingerprint density at radius 3 is 2.87 bits per heavy atom. The summed E-state index contributed by atoms with van der Waals surface area (Å²) in [5, 5.41) is 0. The molecule has 15 heavy (non-hydrogen) atoms. The predicted octanol–water partition coefficient (Wildman–Crippen LogP) is 1.34. The SMILES string of the molecule is CCOC(=O)[C@]12COC(C)(C)OC[C@H]1C2. The van der Waals surface area contributed by atoms with Gasteiger partial charge >= 0.3 is 5.97 Å². The molecule has 0 aromatic heterocycles. The zero-order chi connectivity index (χ0) is 11.1. The van der Waals surface area contributed by atoms with Crippen LogP contribution in [0.15, 0.2) is 0 Å². The van der Waals surface area contributed by atoms with Crippen molar-refractivity contribution in [3.8, 4) is 0 Å². The maximum absolute atomic E-state index is 11.8. The van der Waals surface area contributed by atoms with Crippen LogP contribution in [-0.2, 0) is 19.0 Å². The van der Waals surface area contributed by atoms with Gasteiger partial charge in [0.05, 0.1) is 25.2 Å². The van der Waals surface area contributed by atoms with Crippen LogP contribution in [0.5, 0.6) is 0 Å². The van der Waals surface area contributed by atoms with E-state index < -0.39 is 11.2 Å². The molecule has 0 aromatic rings. The molecule has 0 spiro atoms. The standard InChI is InChI=1S/C11H18O4/c1-4-13-9(12)11-5-8(11)6-14-10(2,3)15-7-11/h8H,4-7H2,1-3H3/t8-,11-/m1/s1. The summed E-state index contributed by atoms with van der Waals surface area (Å²) in [6.45, 7) is 7.00. The van der Waals surface area contributed by atoms with Gasteiger partial charge in [0, 0.05) is 5.92 Å². The van der Waals surface area contributed by atoms with E-state index in [1.54, 1.807) is 0 Å². The quantitative estimate of drug-likeness (QED) is 0.651. The fraction of sp³-hybridized carbons (Fsp3) is 0.909. The number of carbonyl (C=O) groups excluding carboxylic acids is 1. The molecule has 2 rings (SSSR count). The first-order chi connectivity index (χ1) is 7.00. The normalized spacial score (nSPS) is 37.7. The molecular weight excluding hydrogens is 196 g/mol. The molecule has 0 unspecified atom stereocenters. The molecule has 2 atom stereocenters. The molecule has 0 bridgehead atoms. The highest BCUT2D eigenvalue weighted by atomic mass is 16.7. The minimum absolute atomic E-state index is 0.128. The van der Waals surface area contributed by atoms with Crippen molar-refractivity contribution >= 4 is 5.97 Å². The van der Waals surface area contributed by atoms with Crippen molar-refractivity contribution < 1.29 is 19.0 Å². The van der Waals surface area contributed by atoms with E-state index in [1.165, 1.54) is 0 Å². The van der Waals surface area contributed by atoms with Crippen molar-refractivity contribution in [2.75, 3.05) is 19.8 Å². The molecule has 0 amide bonds. The molecule has 1 heterocycles. The first kappa shape index (κ1) is 10.9. The Labute approximate surface area is 89.9 Å². The average Bonchev–Trinajstić information content (AvgIpc) is 2.88. The second-order valence-corrected chi connectivity index (χ2v) is 4.78. The Morgan fingerprint density at radius 2 is 2.20 bits per heavy atom. The fourth-order valence-electron chi connectivity index (χ4n) is 2.01. The lowest BCUT2D eigenvalue weighted by Gasteiger charge is -2.24. The van der Waals surface area contributed by atoms with Crippen LogP contribution in [0.1, 0.15) is 27.2 Å². The van der Waals surface area contributed by atoms with E-state index in [-0.39, 0.29) is 11.9 Å². The van der Waals surface area contributed by atoms with E-state index in [2.05, 4.69) is 0 Å². The molecule has 0 aromatic carbocycles. The molecule has 4 nitrogen and oxygen atoms in total. The van der Waals surface area contributed by atoms with E-state index in [9.17, 15) is 4.79 Å². The molecule has 1 saturated carbocycles. The van der Waals surface area contributed by atoms with E-state index in [1.807, 2.05) is 20.8 Å². The number of carbonyl (C=O) groups is 1. The van der Waals surface area contributed by atoms with Crippen LogP contribution in [0.3, 0.4) is 0 Å². The van der Waals surface area contributed by atoms with Crippen molar-refractivity contribution in [3.05, 3.63) is 0 Å².